The summed E-state index contributed by atoms with van der Waals surface area (Å²) >= 11 is 0.779. The number of hydrogen-bond acceptors (Lipinski definition) is 8. The van der Waals surface area contributed by atoms with E-state index in [2.05, 4.69) is 9.64 Å². The summed E-state index contributed by atoms with van der Waals surface area (Å²) in [5.41, 5.74) is 1.55. The molecule has 0 radical (unpaired) electrons. The number of amides is 2. The lowest BCUT2D eigenvalue weighted by Crippen LogP contribution is -2.42. The Kier molecular flexibility index (Phi) is 6.36. The molecular formula is C20H24N2O6S. The number of carbonyl (C=O) groups excluding carboxylic acids is 3. The van der Waals surface area contributed by atoms with E-state index in [1.54, 1.807) is 26.4 Å². The van der Waals surface area contributed by atoms with Crippen molar-refractivity contribution in [1.82, 2.24) is 4.90 Å². The molecule has 2 fully saturated rings. The molecule has 0 saturated carbocycles. The summed E-state index contributed by atoms with van der Waals surface area (Å²) in [6.07, 6.45) is 3.83. The fraction of sp³-hybridized carbons (Fsp3) is 0.450. The molecule has 2 amide bonds. The van der Waals surface area contributed by atoms with E-state index < -0.39 is 23.2 Å². The van der Waals surface area contributed by atoms with Crippen LogP contribution in [-0.4, -0.2) is 62.5 Å². The maximum Gasteiger partial charge on any atom is 0.328 e. The number of ether oxygens (including phenoxy) is 3. The molecule has 2 saturated heterocycles. The third-order valence-electron chi connectivity index (χ3n) is 5.02. The molecule has 0 bridgehead atoms. The first-order chi connectivity index (χ1) is 13.9. The number of thioether (sulfide) groups is 1. The predicted octanol–water partition coefficient (Wildman–Crippen LogP) is 2.90. The topological polar surface area (TPSA) is 85.4 Å². The fourth-order valence-corrected chi connectivity index (χ4v) is 4.35. The number of imide groups is 1. The van der Waals surface area contributed by atoms with Gasteiger partial charge in [-0.25, -0.2) is 4.79 Å². The van der Waals surface area contributed by atoms with Gasteiger partial charge < -0.3 is 19.1 Å². The molecule has 156 valence electrons. The van der Waals surface area contributed by atoms with Crippen LogP contribution >= 0.6 is 11.8 Å². The summed E-state index contributed by atoms with van der Waals surface area (Å²) in [6, 6.07) is 2.69. The van der Waals surface area contributed by atoms with Crippen LogP contribution < -0.4 is 14.4 Å². The first-order valence-electron chi connectivity index (χ1n) is 9.27. The van der Waals surface area contributed by atoms with Gasteiger partial charge in [-0.1, -0.05) is 0 Å². The number of esters is 1. The number of methoxy groups -OCH3 is 3. The van der Waals surface area contributed by atoms with Crippen LogP contribution in [0.1, 0.15) is 25.3 Å². The Hall–Kier alpha value is -2.68. The van der Waals surface area contributed by atoms with Gasteiger partial charge in [0, 0.05) is 24.7 Å². The summed E-state index contributed by atoms with van der Waals surface area (Å²) < 4.78 is 15.7. The monoisotopic (exact) mass is 420 g/mol. The van der Waals surface area contributed by atoms with Crippen molar-refractivity contribution in [3.8, 4) is 11.5 Å². The Bertz CT molecular complexity index is 863. The molecule has 29 heavy (non-hydrogen) atoms. The minimum absolute atomic E-state index is 0.208. The Morgan fingerprint density at radius 3 is 2.34 bits per heavy atom. The van der Waals surface area contributed by atoms with Gasteiger partial charge in [0.15, 0.2) is 0 Å². The molecule has 1 aromatic rings. The van der Waals surface area contributed by atoms with Crippen LogP contribution in [0.3, 0.4) is 0 Å². The Labute approximate surface area is 173 Å². The summed E-state index contributed by atoms with van der Waals surface area (Å²) in [4.78, 5) is 40.2. The summed E-state index contributed by atoms with van der Waals surface area (Å²) in [5, 5.41) is -0.515. The zero-order valence-electron chi connectivity index (χ0n) is 16.9. The highest BCUT2D eigenvalue weighted by molar-refractivity contribution is 8.18. The minimum Gasteiger partial charge on any atom is -0.496 e. The van der Waals surface area contributed by atoms with Gasteiger partial charge in [0.05, 0.1) is 31.9 Å². The number of anilines is 1. The lowest BCUT2D eigenvalue weighted by Gasteiger charge is -2.22. The first kappa shape index (κ1) is 21.0. The van der Waals surface area contributed by atoms with Crippen molar-refractivity contribution in [2.75, 3.05) is 39.3 Å². The van der Waals surface area contributed by atoms with Crippen LogP contribution in [-0.2, 0) is 14.3 Å². The predicted molar refractivity (Wildman–Crippen MR) is 110 cm³/mol. The van der Waals surface area contributed by atoms with Crippen LogP contribution in [0, 0.1) is 0 Å². The normalized spacial score (nSPS) is 19.1. The molecule has 0 aliphatic carbocycles. The molecule has 0 N–H and O–H groups in total. The minimum atomic E-state index is -0.993. The SMILES string of the molecule is COC(=O)[C@H](C)N1C(=O)S/C(=C/c2cc(OC)c(N3CCCC3)cc2OC)C1=O. The average molecular weight is 420 g/mol. The van der Waals surface area contributed by atoms with Gasteiger partial charge in [-0.15, -0.1) is 0 Å². The molecule has 0 spiro atoms. The third kappa shape index (κ3) is 4.05. The van der Waals surface area contributed by atoms with Crippen molar-refractivity contribution < 1.29 is 28.6 Å². The van der Waals surface area contributed by atoms with E-state index in [1.165, 1.54) is 14.0 Å². The highest BCUT2D eigenvalue weighted by Crippen LogP contribution is 2.40. The van der Waals surface area contributed by atoms with Gasteiger partial charge in [-0.2, -0.15) is 0 Å². The van der Waals surface area contributed by atoms with Gasteiger partial charge >= 0.3 is 5.97 Å². The van der Waals surface area contributed by atoms with E-state index >= 15 is 0 Å². The van der Waals surface area contributed by atoms with Crippen molar-refractivity contribution in [1.29, 1.82) is 0 Å². The maximum absolute atomic E-state index is 12.7. The second-order valence-electron chi connectivity index (χ2n) is 6.71. The van der Waals surface area contributed by atoms with Crippen molar-refractivity contribution in [2.24, 2.45) is 0 Å². The lowest BCUT2D eigenvalue weighted by atomic mass is 10.1. The van der Waals surface area contributed by atoms with Crippen LogP contribution in [0.5, 0.6) is 11.5 Å². The van der Waals surface area contributed by atoms with E-state index in [4.69, 9.17) is 9.47 Å². The molecule has 9 heteroatoms. The van der Waals surface area contributed by atoms with Gasteiger partial charge in [-0.3, -0.25) is 14.5 Å². The van der Waals surface area contributed by atoms with Crippen molar-refractivity contribution in [3.63, 3.8) is 0 Å². The smallest absolute Gasteiger partial charge is 0.328 e. The maximum atomic E-state index is 12.7. The molecule has 0 aromatic heterocycles. The molecule has 2 aliphatic rings. The largest absolute Gasteiger partial charge is 0.496 e. The quantitative estimate of drug-likeness (QED) is 0.513. The molecule has 1 atom stereocenters. The van der Waals surface area contributed by atoms with E-state index in [0.717, 1.165) is 48.3 Å². The number of carbonyl (C=O) groups is 3. The van der Waals surface area contributed by atoms with E-state index in [1.807, 2.05) is 6.07 Å². The number of hydrogen-bond donors (Lipinski definition) is 0. The second-order valence-corrected chi connectivity index (χ2v) is 7.70. The second kappa shape index (κ2) is 8.77. The summed E-state index contributed by atoms with van der Waals surface area (Å²) in [7, 11) is 4.36. The molecule has 2 heterocycles. The average Bonchev–Trinajstić information content (AvgIpc) is 3.35. The van der Waals surface area contributed by atoms with Crippen LogP contribution in [0.15, 0.2) is 17.0 Å². The highest BCUT2D eigenvalue weighted by atomic mass is 32.2. The standard InChI is InChI=1S/C20H24N2O6S/c1-12(19(24)28-4)22-18(23)17(29-20(22)25)10-13-9-16(27-3)14(11-15(13)26-2)21-7-5-6-8-21/h9-12H,5-8H2,1-4H3/b17-10+/t12-/m0/s1. The molecule has 2 aliphatic heterocycles. The van der Waals surface area contributed by atoms with Gasteiger partial charge in [-0.05, 0) is 43.7 Å². The first-order valence-corrected chi connectivity index (χ1v) is 10.1. The van der Waals surface area contributed by atoms with Gasteiger partial charge in [0.2, 0.25) is 0 Å². The lowest BCUT2D eigenvalue weighted by molar-refractivity contribution is -0.148. The fourth-order valence-electron chi connectivity index (χ4n) is 3.45. The van der Waals surface area contributed by atoms with E-state index in [0.29, 0.717) is 17.1 Å². The Balaban J connectivity index is 1.96. The zero-order chi connectivity index (χ0) is 21.1. The third-order valence-corrected chi connectivity index (χ3v) is 5.90. The Morgan fingerprint density at radius 2 is 1.76 bits per heavy atom. The molecule has 8 nitrogen and oxygen atoms in total. The van der Waals surface area contributed by atoms with Crippen LogP contribution in [0.2, 0.25) is 0 Å². The summed E-state index contributed by atoms with van der Waals surface area (Å²) in [6.45, 7) is 3.35. The highest BCUT2D eigenvalue weighted by Gasteiger charge is 2.41. The van der Waals surface area contributed by atoms with Gasteiger partial charge in [0.25, 0.3) is 11.1 Å². The number of benzene rings is 1. The van der Waals surface area contributed by atoms with Crippen LogP contribution in [0.25, 0.3) is 6.08 Å². The molecule has 0 unspecified atom stereocenters. The zero-order valence-corrected chi connectivity index (χ0v) is 17.7. The van der Waals surface area contributed by atoms with Crippen LogP contribution in [0.4, 0.5) is 10.5 Å². The number of nitrogens with zero attached hydrogens (tertiary/aromatic N) is 2. The van der Waals surface area contributed by atoms with Crippen molar-refractivity contribution in [3.05, 3.63) is 22.6 Å². The number of rotatable bonds is 6. The van der Waals surface area contributed by atoms with Crippen molar-refractivity contribution >= 4 is 40.6 Å². The van der Waals surface area contributed by atoms with Gasteiger partial charge in [0.1, 0.15) is 17.5 Å². The Morgan fingerprint density at radius 1 is 1.10 bits per heavy atom. The molecule has 1 aromatic carbocycles. The van der Waals surface area contributed by atoms with Crippen molar-refractivity contribution in [2.45, 2.75) is 25.8 Å². The molecule has 3 rings (SSSR count). The molecular weight excluding hydrogens is 396 g/mol. The van der Waals surface area contributed by atoms with E-state index in [9.17, 15) is 14.4 Å². The summed E-state index contributed by atoms with van der Waals surface area (Å²) in [5.74, 6) is 0.0481. The van der Waals surface area contributed by atoms with E-state index in [-0.39, 0.29) is 4.91 Å².